The molecular formula is C21H22FNO6S. The van der Waals surface area contributed by atoms with Crippen LogP contribution in [0.15, 0.2) is 53.4 Å². The largest absolute Gasteiger partial charge is 0.454 e. The van der Waals surface area contributed by atoms with E-state index >= 15 is 0 Å². The van der Waals surface area contributed by atoms with Crippen molar-refractivity contribution >= 4 is 21.8 Å². The number of ketones is 1. The van der Waals surface area contributed by atoms with Gasteiger partial charge in [-0.1, -0.05) is 0 Å². The van der Waals surface area contributed by atoms with Crippen LogP contribution in [0.3, 0.4) is 0 Å². The summed E-state index contributed by atoms with van der Waals surface area (Å²) >= 11 is 0. The van der Waals surface area contributed by atoms with Gasteiger partial charge in [-0.05, 0) is 62.4 Å². The van der Waals surface area contributed by atoms with Crippen LogP contribution in [-0.4, -0.2) is 56.4 Å². The Labute approximate surface area is 174 Å². The van der Waals surface area contributed by atoms with Crippen molar-refractivity contribution in [1.82, 2.24) is 4.31 Å². The lowest BCUT2D eigenvalue weighted by molar-refractivity contribution is -0.0440. The Bertz CT molecular complexity index is 1010. The van der Waals surface area contributed by atoms with Crippen molar-refractivity contribution in [3.63, 3.8) is 0 Å². The van der Waals surface area contributed by atoms with Gasteiger partial charge in [0.1, 0.15) is 5.82 Å². The summed E-state index contributed by atoms with van der Waals surface area (Å²) in [5, 5.41) is 0. The summed E-state index contributed by atoms with van der Waals surface area (Å²) in [7, 11) is -3.72. The average molecular weight is 435 g/mol. The summed E-state index contributed by atoms with van der Waals surface area (Å²) in [6.45, 7) is 3.62. The summed E-state index contributed by atoms with van der Waals surface area (Å²) in [5.74, 6) is -1.71. The van der Waals surface area contributed by atoms with Crippen LogP contribution < -0.4 is 0 Å². The lowest BCUT2D eigenvalue weighted by Crippen LogP contribution is -2.48. The zero-order valence-electron chi connectivity index (χ0n) is 16.6. The van der Waals surface area contributed by atoms with Gasteiger partial charge in [-0.25, -0.2) is 17.6 Å². The van der Waals surface area contributed by atoms with Gasteiger partial charge in [-0.15, -0.1) is 0 Å². The maximum absolute atomic E-state index is 12.9. The fourth-order valence-electron chi connectivity index (χ4n) is 3.17. The van der Waals surface area contributed by atoms with Crippen molar-refractivity contribution in [1.29, 1.82) is 0 Å². The van der Waals surface area contributed by atoms with Gasteiger partial charge in [0.2, 0.25) is 10.0 Å². The fourth-order valence-corrected chi connectivity index (χ4v) is 4.76. The van der Waals surface area contributed by atoms with E-state index in [1.54, 1.807) is 0 Å². The third-order valence-corrected chi connectivity index (χ3v) is 6.46. The van der Waals surface area contributed by atoms with Crippen LogP contribution in [0.25, 0.3) is 0 Å². The number of hydrogen-bond acceptors (Lipinski definition) is 6. The van der Waals surface area contributed by atoms with Gasteiger partial charge in [0.15, 0.2) is 12.4 Å². The molecule has 1 heterocycles. The Balaban J connectivity index is 1.64. The number of carbonyl (C=O) groups excluding carboxylic acids is 2. The lowest BCUT2D eigenvalue weighted by Gasteiger charge is -2.34. The normalized spacial score (nSPS) is 20.0. The molecule has 1 saturated heterocycles. The second-order valence-electron chi connectivity index (χ2n) is 7.11. The molecule has 0 saturated carbocycles. The van der Waals surface area contributed by atoms with Gasteiger partial charge in [0, 0.05) is 18.7 Å². The Morgan fingerprint density at radius 3 is 2.10 bits per heavy atom. The SMILES string of the molecule is CC1CN(S(=O)(=O)c2ccc(C(=O)OCC(=O)c3ccc(F)cc3)cc2)CC(C)O1. The van der Waals surface area contributed by atoms with Crippen molar-refractivity contribution in [2.45, 2.75) is 31.0 Å². The predicted molar refractivity (Wildman–Crippen MR) is 106 cm³/mol. The molecule has 0 aromatic heterocycles. The molecule has 0 aliphatic carbocycles. The van der Waals surface area contributed by atoms with E-state index in [0.717, 1.165) is 12.1 Å². The molecule has 30 heavy (non-hydrogen) atoms. The molecule has 160 valence electrons. The Hall–Kier alpha value is -2.62. The molecule has 2 aromatic carbocycles. The molecule has 2 atom stereocenters. The number of sulfonamides is 1. The Morgan fingerprint density at radius 1 is 1.00 bits per heavy atom. The van der Waals surface area contributed by atoms with Crippen LogP contribution in [-0.2, 0) is 19.5 Å². The van der Waals surface area contributed by atoms with Crippen molar-refractivity contribution in [2.24, 2.45) is 0 Å². The molecule has 9 heteroatoms. The number of benzene rings is 2. The zero-order chi connectivity index (χ0) is 21.9. The molecule has 1 fully saturated rings. The van der Waals surface area contributed by atoms with E-state index in [2.05, 4.69) is 0 Å². The molecule has 3 rings (SSSR count). The van der Waals surface area contributed by atoms with Crippen LogP contribution >= 0.6 is 0 Å². The van der Waals surface area contributed by atoms with Crippen molar-refractivity contribution < 1.29 is 31.9 Å². The van der Waals surface area contributed by atoms with E-state index in [1.807, 2.05) is 13.8 Å². The minimum Gasteiger partial charge on any atom is -0.454 e. The highest BCUT2D eigenvalue weighted by atomic mass is 32.2. The number of hydrogen-bond donors (Lipinski definition) is 0. The first-order valence-electron chi connectivity index (χ1n) is 9.38. The standard InChI is InChI=1S/C21H22FNO6S/c1-14-11-23(12-15(2)29-14)30(26,27)19-9-5-17(6-10-19)21(25)28-13-20(24)16-3-7-18(22)8-4-16/h3-10,14-15H,11-13H2,1-2H3. The second kappa shape index (κ2) is 9.03. The average Bonchev–Trinajstić information content (AvgIpc) is 2.71. The molecule has 0 amide bonds. The summed E-state index contributed by atoms with van der Waals surface area (Å²) in [5.41, 5.74) is 0.337. The monoisotopic (exact) mass is 435 g/mol. The number of carbonyl (C=O) groups is 2. The summed E-state index contributed by atoms with van der Waals surface area (Å²) < 4.78 is 50.5. The molecule has 2 unspecified atom stereocenters. The molecule has 0 radical (unpaired) electrons. The molecule has 0 bridgehead atoms. The van der Waals surface area contributed by atoms with Crippen LogP contribution in [0.2, 0.25) is 0 Å². The quantitative estimate of drug-likeness (QED) is 0.512. The first-order chi connectivity index (χ1) is 14.2. The zero-order valence-corrected chi connectivity index (χ0v) is 17.4. The predicted octanol–water partition coefficient (Wildman–Crippen LogP) is 2.66. The minimum absolute atomic E-state index is 0.0581. The number of esters is 1. The molecule has 1 aliphatic heterocycles. The van der Waals surface area contributed by atoms with Crippen LogP contribution in [0.4, 0.5) is 4.39 Å². The van der Waals surface area contributed by atoms with Gasteiger partial charge < -0.3 is 9.47 Å². The van der Waals surface area contributed by atoms with Crippen LogP contribution in [0.1, 0.15) is 34.6 Å². The first kappa shape index (κ1) is 22.1. The minimum atomic E-state index is -3.72. The van der Waals surface area contributed by atoms with Crippen molar-refractivity contribution in [3.8, 4) is 0 Å². The van der Waals surface area contributed by atoms with Gasteiger partial charge in [-0.3, -0.25) is 4.79 Å². The first-order valence-corrected chi connectivity index (χ1v) is 10.8. The topological polar surface area (TPSA) is 90.0 Å². The second-order valence-corrected chi connectivity index (χ2v) is 9.05. The smallest absolute Gasteiger partial charge is 0.338 e. The fraction of sp³-hybridized carbons (Fsp3) is 0.333. The number of nitrogens with zero attached hydrogens (tertiary/aromatic N) is 1. The highest BCUT2D eigenvalue weighted by Crippen LogP contribution is 2.21. The molecule has 2 aromatic rings. The number of morpholine rings is 1. The molecular weight excluding hydrogens is 413 g/mol. The molecule has 0 spiro atoms. The van der Waals surface area contributed by atoms with E-state index < -0.39 is 34.2 Å². The van der Waals surface area contributed by atoms with E-state index in [0.29, 0.717) is 0 Å². The van der Waals surface area contributed by atoms with E-state index in [9.17, 15) is 22.4 Å². The summed E-state index contributed by atoms with van der Waals surface area (Å²) in [4.78, 5) is 24.2. The van der Waals surface area contributed by atoms with Crippen LogP contribution in [0.5, 0.6) is 0 Å². The highest BCUT2D eigenvalue weighted by molar-refractivity contribution is 7.89. The number of ether oxygens (including phenoxy) is 2. The molecule has 1 aliphatic rings. The molecule has 7 nitrogen and oxygen atoms in total. The maximum atomic E-state index is 12.9. The van der Waals surface area contributed by atoms with Gasteiger partial charge >= 0.3 is 5.97 Å². The third kappa shape index (κ3) is 5.10. The number of Topliss-reactive ketones (excluding diaryl/α,β-unsaturated/α-hetero) is 1. The van der Waals surface area contributed by atoms with Gasteiger partial charge in [0.25, 0.3) is 0 Å². The van der Waals surface area contributed by atoms with Crippen molar-refractivity contribution in [3.05, 3.63) is 65.5 Å². The Morgan fingerprint density at radius 2 is 1.53 bits per heavy atom. The molecule has 0 N–H and O–H groups in total. The van der Waals surface area contributed by atoms with Gasteiger partial charge in [-0.2, -0.15) is 4.31 Å². The van der Waals surface area contributed by atoms with Crippen LogP contribution in [0, 0.1) is 5.82 Å². The lowest BCUT2D eigenvalue weighted by atomic mass is 10.1. The van der Waals surface area contributed by atoms with E-state index in [-0.39, 0.29) is 41.3 Å². The van der Waals surface area contributed by atoms with Gasteiger partial charge in [0.05, 0.1) is 22.7 Å². The highest BCUT2D eigenvalue weighted by Gasteiger charge is 2.32. The Kier molecular flexibility index (Phi) is 6.64. The maximum Gasteiger partial charge on any atom is 0.338 e. The summed E-state index contributed by atoms with van der Waals surface area (Å²) in [6, 6.07) is 10.2. The van der Waals surface area contributed by atoms with Crippen molar-refractivity contribution in [2.75, 3.05) is 19.7 Å². The third-order valence-electron chi connectivity index (χ3n) is 4.61. The van der Waals surface area contributed by atoms with E-state index in [1.165, 1.54) is 40.7 Å². The summed E-state index contributed by atoms with van der Waals surface area (Å²) in [6.07, 6.45) is -0.423. The number of rotatable bonds is 6. The van der Waals surface area contributed by atoms with E-state index in [4.69, 9.17) is 9.47 Å². The number of halogens is 1.